The van der Waals surface area contributed by atoms with Gasteiger partial charge in [0.25, 0.3) is 0 Å². The maximum atomic E-state index is 10.6. The van der Waals surface area contributed by atoms with Crippen LogP contribution in [0.15, 0.2) is 29.2 Å². The van der Waals surface area contributed by atoms with Gasteiger partial charge in [-0.25, -0.2) is 0 Å². The zero-order valence-electron chi connectivity index (χ0n) is 6.99. The molecule has 1 heterocycles. The van der Waals surface area contributed by atoms with Crippen molar-refractivity contribution in [2.45, 2.75) is 6.42 Å². The maximum Gasteiger partial charge on any atom is 0.247 e. The lowest BCUT2D eigenvalue weighted by Crippen LogP contribution is -2.08. The van der Waals surface area contributed by atoms with Gasteiger partial charge in [-0.05, 0) is 11.6 Å². The van der Waals surface area contributed by atoms with Crippen LogP contribution in [0.1, 0.15) is 12.0 Å². The van der Waals surface area contributed by atoms with Crippen molar-refractivity contribution in [3.63, 3.8) is 0 Å². The molecule has 0 spiro atoms. The van der Waals surface area contributed by atoms with Gasteiger partial charge < -0.3 is 10.7 Å². The van der Waals surface area contributed by atoms with E-state index in [4.69, 9.17) is 5.73 Å². The van der Waals surface area contributed by atoms with Crippen LogP contribution in [0, 0.1) is 0 Å². The van der Waals surface area contributed by atoms with E-state index < -0.39 is 0 Å². The molecule has 1 amide bonds. The molecule has 13 heavy (non-hydrogen) atoms. The predicted molar refractivity (Wildman–Crippen MR) is 49.9 cm³/mol. The first-order valence-electron chi connectivity index (χ1n) is 3.82. The number of pyridine rings is 1. The van der Waals surface area contributed by atoms with Crippen molar-refractivity contribution in [2.24, 2.45) is 5.73 Å². The number of hydrogen-bond acceptors (Lipinski definition) is 2. The number of hydrogen-bond donors (Lipinski definition) is 2. The van der Waals surface area contributed by atoms with Gasteiger partial charge in [0.05, 0.1) is 0 Å². The van der Waals surface area contributed by atoms with Crippen LogP contribution in [0.25, 0.3) is 6.08 Å². The summed E-state index contributed by atoms with van der Waals surface area (Å²) in [5, 5.41) is 0. The Morgan fingerprint density at radius 3 is 2.85 bits per heavy atom. The number of carbonyl (C=O) groups excluding carboxylic acids is 1. The van der Waals surface area contributed by atoms with Crippen LogP contribution >= 0.6 is 0 Å². The molecule has 0 atom stereocenters. The Morgan fingerprint density at radius 2 is 2.31 bits per heavy atom. The molecular formula is C9H10N2O2. The zero-order valence-corrected chi connectivity index (χ0v) is 6.99. The lowest BCUT2D eigenvalue weighted by molar-refractivity contribution is -0.117. The normalized spacial score (nSPS) is 10.5. The van der Waals surface area contributed by atoms with Crippen LogP contribution in [-0.4, -0.2) is 10.9 Å². The molecule has 4 nitrogen and oxygen atoms in total. The molecular weight excluding hydrogens is 168 g/mol. The topological polar surface area (TPSA) is 76.0 Å². The molecule has 0 aromatic carbocycles. The fourth-order valence-electron chi connectivity index (χ4n) is 0.837. The molecule has 0 unspecified atom stereocenters. The molecule has 4 heteroatoms. The molecule has 0 saturated heterocycles. The van der Waals surface area contributed by atoms with Gasteiger partial charge in [0.2, 0.25) is 11.5 Å². The lowest BCUT2D eigenvalue weighted by Gasteiger charge is -1.90. The Labute approximate surface area is 75.1 Å². The summed E-state index contributed by atoms with van der Waals surface area (Å²) in [4.78, 5) is 23.5. The largest absolute Gasteiger partial charge is 0.369 e. The first-order valence-corrected chi connectivity index (χ1v) is 3.82. The van der Waals surface area contributed by atoms with E-state index >= 15 is 0 Å². The highest BCUT2D eigenvalue weighted by molar-refractivity contribution is 5.76. The summed E-state index contributed by atoms with van der Waals surface area (Å²) < 4.78 is 0. The number of nitrogens with one attached hydrogen (secondary N) is 1. The third-order valence-electron chi connectivity index (χ3n) is 1.44. The molecule has 1 aromatic heterocycles. The van der Waals surface area contributed by atoms with Crippen LogP contribution < -0.4 is 11.3 Å². The zero-order chi connectivity index (χ0) is 9.68. The van der Waals surface area contributed by atoms with Gasteiger partial charge in [0.15, 0.2) is 0 Å². The Kier molecular flexibility index (Phi) is 3.03. The van der Waals surface area contributed by atoms with Crippen LogP contribution in [0.5, 0.6) is 0 Å². The Bertz CT molecular complexity index is 359. The van der Waals surface area contributed by atoms with E-state index in [-0.39, 0.29) is 17.9 Å². The number of H-pyrrole nitrogens is 1. The molecule has 0 saturated carbocycles. The SMILES string of the molecule is NC(=O)CC=Cc1ccc(=O)[nH]c1. The minimum absolute atomic E-state index is 0.146. The van der Waals surface area contributed by atoms with Gasteiger partial charge in [0.1, 0.15) is 0 Å². The van der Waals surface area contributed by atoms with Crippen molar-refractivity contribution < 1.29 is 4.79 Å². The highest BCUT2D eigenvalue weighted by Crippen LogP contribution is 1.97. The van der Waals surface area contributed by atoms with Gasteiger partial charge >= 0.3 is 0 Å². The van der Waals surface area contributed by atoms with Gasteiger partial charge in [0, 0.05) is 18.7 Å². The van der Waals surface area contributed by atoms with Gasteiger partial charge in [-0.2, -0.15) is 0 Å². The molecule has 3 N–H and O–H groups in total. The molecule has 0 bridgehead atoms. The molecule has 0 aliphatic carbocycles. The van der Waals surface area contributed by atoms with Gasteiger partial charge in [-0.15, -0.1) is 0 Å². The van der Waals surface area contributed by atoms with E-state index in [9.17, 15) is 9.59 Å². The second-order valence-corrected chi connectivity index (χ2v) is 2.56. The highest BCUT2D eigenvalue weighted by atomic mass is 16.1. The third-order valence-corrected chi connectivity index (χ3v) is 1.44. The van der Waals surface area contributed by atoms with E-state index in [2.05, 4.69) is 4.98 Å². The third kappa shape index (κ3) is 3.37. The number of carbonyl (C=O) groups is 1. The first-order chi connectivity index (χ1) is 6.18. The number of aromatic amines is 1. The Hall–Kier alpha value is -1.84. The minimum Gasteiger partial charge on any atom is -0.369 e. The van der Waals surface area contributed by atoms with Crippen LogP contribution in [0.2, 0.25) is 0 Å². The number of aromatic nitrogens is 1. The summed E-state index contributed by atoms with van der Waals surface area (Å²) in [6, 6.07) is 3.08. The van der Waals surface area contributed by atoms with E-state index in [0.717, 1.165) is 5.56 Å². The molecule has 1 aromatic rings. The second-order valence-electron chi connectivity index (χ2n) is 2.56. The molecule has 1 rings (SSSR count). The van der Waals surface area contributed by atoms with E-state index in [1.807, 2.05) is 0 Å². The molecule has 0 aliphatic heterocycles. The van der Waals surface area contributed by atoms with Crippen molar-refractivity contribution in [1.29, 1.82) is 0 Å². The molecule has 0 radical (unpaired) electrons. The van der Waals surface area contributed by atoms with Crippen molar-refractivity contribution in [3.8, 4) is 0 Å². The Balaban J connectivity index is 2.64. The lowest BCUT2D eigenvalue weighted by atomic mass is 10.2. The summed E-state index contributed by atoms with van der Waals surface area (Å²) in [6.07, 6.45) is 5.15. The minimum atomic E-state index is -0.374. The number of primary amides is 1. The molecule has 0 aliphatic rings. The smallest absolute Gasteiger partial charge is 0.247 e. The van der Waals surface area contributed by atoms with E-state index in [0.29, 0.717) is 0 Å². The highest BCUT2D eigenvalue weighted by Gasteiger charge is 1.88. The van der Waals surface area contributed by atoms with Crippen molar-refractivity contribution >= 4 is 12.0 Å². The van der Waals surface area contributed by atoms with Crippen molar-refractivity contribution in [3.05, 3.63) is 40.3 Å². The average Bonchev–Trinajstić information content (AvgIpc) is 2.08. The van der Waals surface area contributed by atoms with Gasteiger partial charge in [-0.3, -0.25) is 9.59 Å². The van der Waals surface area contributed by atoms with Gasteiger partial charge in [-0.1, -0.05) is 12.2 Å². The maximum absolute atomic E-state index is 10.6. The number of rotatable bonds is 3. The van der Waals surface area contributed by atoms with Crippen LogP contribution in [-0.2, 0) is 4.79 Å². The van der Waals surface area contributed by atoms with Crippen LogP contribution in [0.3, 0.4) is 0 Å². The quantitative estimate of drug-likeness (QED) is 0.696. The average molecular weight is 178 g/mol. The second kappa shape index (κ2) is 4.25. The summed E-state index contributed by atoms with van der Waals surface area (Å²) >= 11 is 0. The standard InChI is InChI=1S/C9H10N2O2/c10-8(12)3-1-2-7-4-5-9(13)11-6-7/h1-2,4-6H,3H2,(H2,10,12)(H,11,13). The summed E-state index contributed by atoms with van der Waals surface area (Å²) in [5.41, 5.74) is 5.62. The monoisotopic (exact) mass is 178 g/mol. The van der Waals surface area contributed by atoms with Crippen molar-refractivity contribution in [2.75, 3.05) is 0 Å². The fraction of sp³-hybridized carbons (Fsp3) is 0.111. The number of nitrogens with two attached hydrogens (primary N) is 1. The fourth-order valence-corrected chi connectivity index (χ4v) is 0.837. The van der Waals surface area contributed by atoms with E-state index in [1.54, 1.807) is 24.4 Å². The molecule has 0 fully saturated rings. The summed E-state index contributed by atoms with van der Waals surface area (Å²) in [5.74, 6) is -0.374. The number of amides is 1. The van der Waals surface area contributed by atoms with E-state index in [1.165, 1.54) is 6.07 Å². The van der Waals surface area contributed by atoms with Crippen molar-refractivity contribution in [1.82, 2.24) is 4.98 Å². The molecule has 68 valence electrons. The first kappa shape index (κ1) is 9.25. The Morgan fingerprint density at radius 1 is 1.54 bits per heavy atom. The predicted octanol–water partition coefficient (Wildman–Crippen LogP) is 0.263. The van der Waals surface area contributed by atoms with Crippen LogP contribution in [0.4, 0.5) is 0 Å². The summed E-state index contributed by atoms with van der Waals surface area (Å²) in [7, 11) is 0. The summed E-state index contributed by atoms with van der Waals surface area (Å²) in [6.45, 7) is 0.